The standard InChI is InChI=1S/C12H23N3.C3H8/c1-13-6-8-15(9-7-13)12-10-14-4-2-11(12)3-5-14;1-3-2/h11-12H,2-10H2,1H3;3H2,1-2H3. The van der Waals surface area contributed by atoms with Gasteiger partial charge < -0.3 is 9.80 Å². The summed E-state index contributed by atoms with van der Waals surface area (Å²) in [5.41, 5.74) is 0. The van der Waals surface area contributed by atoms with Crippen molar-refractivity contribution in [3.05, 3.63) is 0 Å². The monoisotopic (exact) mass is 253 g/mol. The molecule has 18 heavy (non-hydrogen) atoms. The predicted octanol–water partition coefficient (Wildman–Crippen LogP) is 1.74. The van der Waals surface area contributed by atoms with E-state index in [4.69, 9.17) is 0 Å². The zero-order chi connectivity index (χ0) is 13.0. The molecule has 4 aliphatic rings. The van der Waals surface area contributed by atoms with Crippen molar-refractivity contribution in [1.82, 2.24) is 14.7 Å². The minimum atomic E-state index is 0.890. The van der Waals surface area contributed by atoms with Gasteiger partial charge in [0.05, 0.1) is 0 Å². The Morgan fingerprint density at radius 2 is 1.44 bits per heavy atom. The number of hydrogen-bond donors (Lipinski definition) is 0. The van der Waals surface area contributed by atoms with Crippen molar-refractivity contribution in [2.45, 2.75) is 39.2 Å². The Balaban J connectivity index is 0.000000367. The van der Waals surface area contributed by atoms with Crippen LogP contribution >= 0.6 is 0 Å². The summed E-state index contributed by atoms with van der Waals surface area (Å²) in [7, 11) is 2.24. The summed E-state index contributed by atoms with van der Waals surface area (Å²) < 4.78 is 0. The van der Waals surface area contributed by atoms with Crippen LogP contribution in [0.3, 0.4) is 0 Å². The maximum Gasteiger partial charge on any atom is 0.0253 e. The maximum absolute atomic E-state index is 2.76. The van der Waals surface area contributed by atoms with Gasteiger partial charge in [-0.05, 0) is 38.9 Å². The van der Waals surface area contributed by atoms with Gasteiger partial charge in [-0.2, -0.15) is 0 Å². The molecule has 3 heteroatoms. The molecule has 1 unspecified atom stereocenters. The van der Waals surface area contributed by atoms with Gasteiger partial charge in [-0.15, -0.1) is 0 Å². The van der Waals surface area contributed by atoms with Crippen LogP contribution in [0.4, 0.5) is 0 Å². The van der Waals surface area contributed by atoms with Gasteiger partial charge in [-0.25, -0.2) is 0 Å². The third-order valence-corrected chi connectivity index (χ3v) is 4.63. The molecule has 0 aromatic carbocycles. The molecule has 0 radical (unpaired) electrons. The molecule has 0 aromatic rings. The van der Waals surface area contributed by atoms with Crippen molar-refractivity contribution >= 4 is 0 Å². The van der Waals surface area contributed by atoms with Gasteiger partial charge in [0, 0.05) is 38.8 Å². The first kappa shape index (κ1) is 14.3. The first-order valence-corrected chi connectivity index (χ1v) is 7.89. The first-order chi connectivity index (χ1) is 8.74. The molecule has 0 aliphatic carbocycles. The molecular formula is C15H31N3. The minimum absolute atomic E-state index is 0.890. The second kappa shape index (κ2) is 6.88. The van der Waals surface area contributed by atoms with Crippen molar-refractivity contribution in [3.63, 3.8) is 0 Å². The van der Waals surface area contributed by atoms with Crippen LogP contribution in [0.5, 0.6) is 0 Å². The second-order valence-corrected chi connectivity index (χ2v) is 6.25. The lowest BCUT2D eigenvalue weighted by Crippen LogP contribution is -2.60. The molecule has 0 amide bonds. The van der Waals surface area contributed by atoms with Gasteiger partial charge in [0.1, 0.15) is 0 Å². The SMILES string of the molecule is CCC.CN1CCN(C2CN3CCC2CC3)CC1. The average molecular weight is 253 g/mol. The molecule has 4 fully saturated rings. The Kier molecular flexibility index (Phi) is 5.46. The summed E-state index contributed by atoms with van der Waals surface area (Å²) in [5, 5.41) is 0. The third kappa shape index (κ3) is 3.46. The third-order valence-electron chi connectivity index (χ3n) is 4.63. The van der Waals surface area contributed by atoms with Crippen LogP contribution in [-0.4, -0.2) is 73.6 Å². The topological polar surface area (TPSA) is 9.72 Å². The highest BCUT2D eigenvalue weighted by atomic mass is 15.3. The molecule has 0 N–H and O–H groups in total. The van der Waals surface area contributed by atoms with Crippen molar-refractivity contribution < 1.29 is 0 Å². The van der Waals surface area contributed by atoms with Gasteiger partial charge in [-0.1, -0.05) is 20.3 Å². The van der Waals surface area contributed by atoms with E-state index in [9.17, 15) is 0 Å². The van der Waals surface area contributed by atoms with E-state index in [1.165, 1.54) is 65.1 Å². The van der Waals surface area contributed by atoms with E-state index in [1.807, 2.05) is 0 Å². The molecule has 4 saturated heterocycles. The minimum Gasteiger partial charge on any atom is -0.304 e. The van der Waals surface area contributed by atoms with Crippen molar-refractivity contribution in [3.8, 4) is 0 Å². The summed E-state index contributed by atoms with van der Waals surface area (Å²) in [4.78, 5) is 7.89. The fourth-order valence-corrected chi connectivity index (χ4v) is 3.50. The lowest BCUT2D eigenvalue weighted by atomic mass is 9.83. The number of fused-ring (bicyclic) bond motifs is 3. The van der Waals surface area contributed by atoms with Crippen LogP contribution in [0.1, 0.15) is 33.1 Å². The van der Waals surface area contributed by atoms with E-state index in [0.717, 1.165) is 12.0 Å². The van der Waals surface area contributed by atoms with E-state index in [1.54, 1.807) is 0 Å². The molecule has 2 bridgehead atoms. The molecule has 0 spiro atoms. The normalized spacial score (nSPS) is 37.2. The van der Waals surface area contributed by atoms with Crippen LogP contribution in [-0.2, 0) is 0 Å². The molecule has 0 aromatic heterocycles. The summed E-state index contributed by atoms with van der Waals surface area (Å²) >= 11 is 0. The van der Waals surface area contributed by atoms with Gasteiger partial charge >= 0.3 is 0 Å². The predicted molar refractivity (Wildman–Crippen MR) is 78.0 cm³/mol. The van der Waals surface area contributed by atoms with Crippen LogP contribution in [0.25, 0.3) is 0 Å². The quantitative estimate of drug-likeness (QED) is 0.705. The molecule has 4 heterocycles. The lowest BCUT2D eigenvalue weighted by Gasteiger charge is -2.50. The van der Waals surface area contributed by atoms with Crippen LogP contribution in [0.2, 0.25) is 0 Å². The van der Waals surface area contributed by atoms with Crippen molar-refractivity contribution in [1.29, 1.82) is 0 Å². The Hall–Kier alpha value is -0.120. The highest BCUT2D eigenvalue weighted by molar-refractivity contribution is 4.93. The molecular weight excluding hydrogens is 222 g/mol. The number of piperidine rings is 3. The summed E-state index contributed by atoms with van der Waals surface area (Å²) in [5.74, 6) is 1.01. The van der Waals surface area contributed by atoms with Gasteiger partial charge in [0.2, 0.25) is 0 Å². The molecule has 3 nitrogen and oxygen atoms in total. The average Bonchev–Trinajstić information content (AvgIpc) is 2.42. The molecule has 106 valence electrons. The fourth-order valence-electron chi connectivity index (χ4n) is 3.50. The van der Waals surface area contributed by atoms with E-state index >= 15 is 0 Å². The summed E-state index contributed by atoms with van der Waals surface area (Å²) in [6.07, 6.45) is 4.16. The number of hydrogen-bond acceptors (Lipinski definition) is 3. The van der Waals surface area contributed by atoms with Crippen LogP contribution in [0, 0.1) is 5.92 Å². The van der Waals surface area contributed by atoms with Gasteiger partial charge in [-0.3, -0.25) is 4.90 Å². The van der Waals surface area contributed by atoms with Crippen molar-refractivity contribution in [2.75, 3.05) is 52.9 Å². The highest BCUT2D eigenvalue weighted by Gasteiger charge is 2.37. The zero-order valence-corrected chi connectivity index (χ0v) is 12.6. The number of likely N-dealkylation sites (N-methyl/N-ethyl adjacent to an activating group) is 1. The summed E-state index contributed by atoms with van der Waals surface area (Å²) in [6.45, 7) is 13.5. The highest BCUT2D eigenvalue weighted by Crippen LogP contribution is 2.31. The van der Waals surface area contributed by atoms with E-state index < -0.39 is 0 Å². The van der Waals surface area contributed by atoms with E-state index in [2.05, 4.69) is 35.6 Å². The first-order valence-electron chi connectivity index (χ1n) is 7.89. The number of piperazine rings is 1. The second-order valence-electron chi connectivity index (χ2n) is 6.25. The van der Waals surface area contributed by atoms with E-state index in [0.29, 0.717) is 0 Å². The molecule has 4 rings (SSSR count). The van der Waals surface area contributed by atoms with Crippen LogP contribution < -0.4 is 0 Å². The van der Waals surface area contributed by atoms with Crippen molar-refractivity contribution in [2.24, 2.45) is 5.92 Å². The number of rotatable bonds is 1. The van der Waals surface area contributed by atoms with E-state index in [-0.39, 0.29) is 0 Å². The van der Waals surface area contributed by atoms with Crippen LogP contribution in [0.15, 0.2) is 0 Å². The zero-order valence-electron chi connectivity index (χ0n) is 12.6. The Morgan fingerprint density at radius 1 is 0.889 bits per heavy atom. The Bertz CT molecular complexity index is 228. The summed E-state index contributed by atoms with van der Waals surface area (Å²) in [6, 6.07) is 0.890. The maximum atomic E-state index is 2.76. The van der Waals surface area contributed by atoms with Gasteiger partial charge in [0.25, 0.3) is 0 Å². The molecule has 0 saturated carbocycles. The lowest BCUT2D eigenvalue weighted by molar-refractivity contribution is -0.0120. The Morgan fingerprint density at radius 3 is 1.89 bits per heavy atom. The Labute approximate surface area is 113 Å². The fraction of sp³-hybridized carbons (Fsp3) is 1.00. The van der Waals surface area contributed by atoms with Gasteiger partial charge in [0.15, 0.2) is 0 Å². The largest absolute Gasteiger partial charge is 0.304 e. The smallest absolute Gasteiger partial charge is 0.0253 e. The molecule has 4 aliphatic heterocycles. The molecule has 1 atom stereocenters. The number of nitrogens with zero attached hydrogens (tertiary/aromatic N) is 3.